The summed E-state index contributed by atoms with van der Waals surface area (Å²) in [6, 6.07) is 18.4. The van der Waals surface area contributed by atoms with E-state index in [4.69, 9.17) is 25.8 Å². The molecule has 2 aliphatic rings. The molecule has 0 aliphatic carbocycles. The molecule has 9 nitrogen and oxygen atoms in total. The minimum absolute atomic E-state index is 0.0944. The van der Waals surface area contributed by atoms with Crippen LogP contribution in [0.1, 0.15) is 22.7 Å². The van der Waals surface area contributed by atoms with Crippen LogP contribution in [0.25, 0.3) is 5.76 Å². The van der Waals surface area contributed by atoms with Gasteiger partial charge in [0.15, 0.2) is 15.8 Å². The molecule has 3 aromatic carbocycles. The van der Waals surface area contributed by atoms with Crippen LogP contribution in [-0.4, -0.2) is 46.8 Å². The van der Waals surface area contributed by atoms with Crippen molar-refractivity contribution < 1.29 is 28.9 Å². The Labute approximate surface area is 260 Å². The van der Waals surface area contributed by atoms with Crippen molar-refractivity contribution in [1.29, 1.82) is 0 Å². The maximum absolute atomic E-state index is 13.6. The zero-order chi connectivity index (χ0) is 29.9. The van der Waals surface area contributed by atoms with Gasteiger partial charge in [0.05, 0.1) is 11.6 Å². The molecule has 6 rings (SSSR count). The van der Waals surface area contributed by atoms with Crippen molar-refractivity contribution in [2.75, 3.05) is 24.7 Å². The number of Topliss-reactive ketones (excluding diaryl/α,β-unsaturated/α-hetero) is 1. The van der Waals surface area contributed by atoms with Crippen molar-refractivity contribution in [3.63, 3.8) is 0 Å². The summed E-state index contributed by atoms with van der Waals surface area (Å²) in [7, 11) is 0. The number of carbonyl (C=O) groups excluding carboxylic acids is 2. The number of hydrogen-bond donors (Lipinski definition) is 1. The molecule has 0 spiro atoms. The van der Waals surface area contributed by atoms with E-state index in [9.17, 15) is 14.7 Å². The van der Waals surface area contributed by atoms with Crippen molar-refractivity contribution in [1.82, 2.24) is 10.2 Å². The molecule has 0 saturated carbocycles. The Bertz CT molecular complexity index is 1760. The number of fused-ring (bicyclic) bond motifs is 1. The molecule has 12 heteroatoms. The second-order valence-corrected chi connectivity index (χ2v) is 12.0. The molecule has 1 N–H and O–H groups in total. The number of hydrogen-bond acceptors (Lipinski definition) is 10. The number of ether oxygens (including phenoxy) is 3. The van der Waals surface area contributed by atoms with Gasteiger partial charge in [-0.05, 0) is 47.5 Å². The van der Waals surface area contributed by atoms with Crippen LogP contribution >= 0.6 is 34.7 Å². The number of amides is 1. The fourth-order valence-corrected chi connectivity index (χ4v) is 6.89. The van der Waals surface area contributed by atoms with Crippen LogP contribution in [0.4, 0.5) is 5.13 Å². The lowest BCUT2D eigenvalue weighted by Crippen LogP contribution is -2.29. The average molecular weight is 634 g/mol. The highest BCUT2D eigenvalue weighted by Crippen LogP contribution is 2.45. The third-order valence-electron chi connectivity index (χ3n) is 6.71. The van der Waals surface area contributed by atoms with Crippen LogP contribution in [0.5, 0.6) is 17.2 Å². The first-order valence-electron chi connectivity index (χ1n) is 13.2. The lowest BCUT2D eigenvalue weighted by Gasteiger charge is -2.23. The molecule has 1 saturated heterocycles. The van der Waals surface area contributed by atoms with Gasteiger partial charge in [0, 0.05) is 16.3 Å². The number of carbonyl (C=O) groups is 2. The molecule has 218 valence electrons. The average Bonchev–Trinajstić information content (AvgIpc) is 3.60. The van der Waals surface area contributed by atoms with Crippen LogP contribution in [0.2, 0.25) is 5.02 Å². The van der Waals surface area contributed by atoms with Crippen molar-refractivity contribution >= 4 is 57.3 Å². The molecule has 1 unspecified atom stereocenters. The van der Waals surface area contributed by atoms with Crippen LogP contribution in [0.3, 0.4) is 0 Å². The molecule has 4 aromatic rings. The molecule has 1 amide bonds. The number of nitrogens with zero attached hydrogens (tertiary/aromatic N) is 3. The number of anilines is 1. The second kappa shape index (κ2) is 12.5. The van der Waals surface area contributed by atoms with E-state index in [0.717, 1.165) is 5.56 Å². The highest BCUT2D eigenvalue weighted by Gasteiger charge is 2.48. The zero-order valence-corrected chi connectivity index (χ0v) is 25.0. The van der Waals surface area contributed by atoms with Gasteiger partial charge in [0.25, 0.3) is 5.78 Å². The van der Waals surface area contributed by atoms with E-state index in [1.807, 2.05) is 24.3 Å². The largest absolute Gasteiger partial charge is 0.507 e. The number of halogens is 1. The van der Waals surface area contributed by atoms with E-state index in [2.05, 4.69) is 16.8 Å². The van der Waals surface area contributed by atoms with Gasteiger partial charge in [-0.25, -0.2) is 0 Å². The predicted octanol–water partition coefficient (Wildman–Crippen LogP) is 6.45. The predicted molar refractivity (Wildman–Crippen MR) is 165 cm³/mol. The number of benzene rings is 3. The van der Waals surface area contributed by atoms with Gasteiger partial charge in [-0.15, -0.1) is 10.2 Å². The van der Waals surface area contributed by atoms with Gasteiger partial charge in [-0.2, -0.15) is 0 Å². The molecular weight excluding hydrogens is 610 g/mol. The molecule has 1 aromatic heterocycles. The van der Waals surface area contributed by atoms with E-state index in [1.165, 1.54) is 28.0 Å². The third-order valence-corrected chi connectivity index (χ3v) is 9.19. The van der Waals surface area contributed by atoms with Crippen molar-refractivity contribution in [3.8, 4) is 17.2 Å². The first-order valence-corrected chi connectivity index (χ1v) is 15.4. The Morgan fingerprint density at radius 1 is 1.09 bits per heavy atom. The minimum atomic E-state index is -1.00. The van der Waals surface area contributed by atoms with Crippen molar-refractivity contribution in [2.45, 2.75) is 16.1 Å². The normalized spacial score (nSPS) is 17.2. The lowest BCUT2D eigenvalue weighted by atomic mass is 9.95. The van der Waals surface area contributed by atoms with Crippen molar-refractivity contribution in [2.24, 2.45) is 0 Å². The minimum Gasteiger partial charge on any atom is -0.507 e. The summed E-state index contributed by atoms with van der Waals surface area (Å²) in [5.74, 6) is -0.0134. The number of thioether (sulfide) groups is 1. The summed E-state index contributed by atoms with van der Waals surface area (Å²) < 4.78 is 17.6. The summed E-state index contributed by atoms with van der Waals surface area (Å²) in [6.07, 6.45) is 1.61. The quantitative estimate of drug-likeness (QED) is 0.0555. The summed E-state index contributed by atoms with van der Waals surface area (Å²) in [5.41, 5.74) is 1.69. The number of ketones is 1. The Hall–Kier alpha value is -4.32. The first-order chi connectivity index (χ1) is 20.9. The van der Waals surface area contributed by atoms with Gasteiger partial charge in [0.2, 0.25) is 5.13 Å². The number of aliphatic hydroxyl groups is 1. The van der Waals surface area contributed by atoms with Gasteiger partial charge in [-0.3, -0.25) is 14.5 Å². The zero-order valence-electron chi connectivity index (χ0n) is 22.6. The molecule has 0 bridgehead atoms. The van der Waals surface area contributed by atoms with Crippen LogP contribution in [-0.2, 0) is 15.3 Å². The fraction of sp³-hybridized carbons (Fsp3) is 0.161. The molecule has 3 heterocycles. The molecule has 0 radical (unpaired) electrons. The SMILES string of the molecule is C=CCOc1cccc(C2/C(=C(/O)c3ccc4c(c3)OCCO4)C(=O)C(=O)N2c2nnc(SCc3ccccc3Cl)s2)c1. The molecule has 1 fully saturated rings. The summed E-state index contributed by atoms with van der Waals surface area (Å²) in [6.45, 7) is 4.71. The van der Waals surface area contributed by atoms with Gasteiger partial charge in [0.1, 0.15) is 31.3 Å². The molecule has 1 atom stereocenters. The fourth-order valence-electron chi connectivity index (χ4n) is 4.73. The van der Waals surface area contributed by atoms with E-state index in [-0.39, 0.29) is 23.1 Å². The van der Waals surface area contributed by atoms with Crippen LogP contribution in [0, 0.1) is 0 Å². The molecule has 43 heavy (non-hydrogen) atoms. The molecule has 2 aliphatic heterocycles. The van der Waals surface area contributed by atoms with Crippen molar-refractivity contribution in [3.05, 3.63) is 107 Å². The number of rotatable bonds is 9. The Morgan fingerprint density at radius 3 is 2.72 bits per heavy atom. The summed E-state index contributed by atoms with van der Waals surface area (Å²) in [5, 5.41) is 20.9. The monoisotopic (exact) mass is 633 g/mol. The Balaban J connectivity index is 1.40. The van der Waals surface area contributed by atoms with Gasteiger partial charge < -0.3 is 19.3 Å². The summed E-state index contributed by atoms with van der Waals surface area (Å²) in [4.78, 5) is 28.5. The third kappa shape index (κ3) is 5.83. The molecular formula is C31H24ClN3O6S2. The van der Waals surface area contributed by atoms with Crippen LogP contribution in [0.15, 0.2) is 89.3 Å². The van der Waals surface area contributed by atoms with E-state index < -0.39 is 17.7 Å². The topological polar surface area (TPSA) is 111 Å². The Morgan fingerprint density at radius 2 is 1.91 bits per heavy atom. The van der Waals surface area contributed by atoms with E-state index in [0.29, 0.717) is 56.7 Å². The highest BCUT2D eigenvalue weighted by atomic mass is 35.5. The number of aliphatic hydroxyl groups excluding tert-OH is 1. The Kier molecular flexibility index (Phi) is 8.37. The van der Waals surface area contributed by atoms with Crippen LogP contribution < -0.4 is 19.1 Å². The van der Waals surface area contributed by atoms with Gasteiger partial charge in [-0.1, -0.05) is 77.7 Å². The van der Waals surface area contributed by atoms with E-state index >= 15 is 0 Å². The first kappa shape index (κ1) is 28.8. The number of aromatic nitrogens is 2. The van der Waals surface area contributed by atoms with Gasteiger partial charge >= 0.3 is 5.91 Å². The van der Waals surface area contributed by atoms with E-state index in [1.54, 1.807) is 48.5 Å². The standard InChI is InChI=1S/C31H24ClN3O6S2/c1-2-12-39-21-8-5-7-18(15-21)26-25(27(36)19-10-11-23-24(16-19)41-14-13-40-23)28(37)29(38)35(26)30-33-34-31(43-30)42-17-20-6-3-4-9-22(20)32/h2-11,15-16,26,36H,1,12-14,17H2/b27-25-. The lowest BCUT2D eigenvalue weighted by molar-refractivity contribution is -0.132. The summed E-state index contributed by atoms with van der Waals surface area (Å²) >= 11 is 8.89. The smallest absolute Gasteiger partial charge is 0.301 e. The maximum atomic E-state index is 13.6. The highest BCUT2D eigenvalue weighted by molar-refractivity contribution is 8.00. The maximum Gasteiger partial charge on any atom is 0.301 e. The second-order valence-electron chi connectivity index (χ2n) is 9.43.